The summed E-state index contributed by atoms with van der Waals surface area (Å²) >= 11 is 2.89. The normalized spacial score (nSPS) is 12.6. The monoisotopic (exact) mass is 284 g/mol. The molecule has 2 heterocycles. The van der Waals surface area contributed by atoms with E-state index in [0.29, 0.717) is 5.82 Å². The van der Waals surface area contributed by atoms with E-state index in [9.17, 15) is 5.11 Å². The van der Waals surface area contributed by atoms with Crippen LogP contribution >= 0.6 is 22.9 Å². The third kappa shape index (κ3) is 2.63. The summed E-state index contributed by atoms with van der Waals surface area (Å²) in [6, 6.07) is 0.0170. The van der Waals surface area contributed by atoms with Crippen molar-refractivity contribution in [3.63, 3.8) is 0 Å². The molecular weight excluding hydrogens is 268 g/mol. The number of anilines is 2. The Morgan fingerprint density at radius 3 is 2.89 bits per heavy atom. The van der Waals surface area contributed by atoms with Gasteiger partial charge in [0.25, 0.3) is 0 Å². The Morgan fingerprint density at radius 1 is 1.56 bits per heavy atom. The largest absolute Gasteiger partial charge is 0.394 e. The topological polar surface area (TPSA) is 84.1 Å². The van der Waals surface area contributed by atoms with Crippen molar-refractivity contribution in [2.45, 2.75) is 26.3 Å². The van der Waals surface area contributed by atoms with Gasteiger partial charge in [-0.05, 0) is 24.9 Å². The van der Waals surface area contributed by atoms with Gasteiger partial charge in [0.1, 0.15) is 10.8 Å². The molecule has 0 fully saturated rings. The summed E-state index contributed by atoms with van der Waals surface area (Å²) < 4.78 is 4.16. The van der Waals surface area contributed by atoms with Crippen molar-refractivity contribution in [2.75, 3.05) is 17.7 Å². The van der Waals surface area contributed by atoms with Gasteiger partial charge in [0.15, 0.2) is 0 Å². The quantitative estimate of drug-likeness (QED) is 0.785. The van der Waals surface area contributed by atoms with Gasteiger partial charge in [0.05, 0.1) is 22.9 Å². The Labute approximate surface area is 114 Å². The first-order chi connectivity index (χ1) is 8.65. The average molecular weight is 284 g/mol. The molecule has 0 saturated carbocycles. The van der Waals surface area contributed by atoms with Crippen LogP contribution in [0.5, 0.6) is 0 Å². The number of hydrogen-bond acceptors (Lipinski definition) is 7. The van der Waals surface area contributed by atoms with Crippen molar-refractivity contribution >= 4 is 33.7 Å². The summed E-state index contributed by atoms with van der Waals surface area (Å²) in [6.07, 6.45) is 0.837. The third-order valence-corrected chi connectivity index (χ3v) is 4.21. The van der Waals surface area contributed by atoms with E-state index in [1.165, 1.54) is 11.5 Å². The lowest BCUT2D eigenvalue weighted by Gasteiger charge is -2.14. The first kappa shape index (κ1) is 13.3. The highest BCUT2D eigenvalue weighted by molar-refractivity contribution is 7.11. The molecule has 0 aromatic carbocycles. The number of hydrogen-bond donors (Lipinski definition) is 3. The molecule has 0 radical (unpaired) electrons. The number of nitrogens with one attached hydrogen (secondary N) is 1. The molecule has 98 valence electrons. The summed E-state index contributed by atoms with van der Waals surface area (Å²) in [5.74, 6) is 0.487. The van der Waals surface area contributed by atoms with Crippen LogP contribution in [-0.2, 0) is 0 Å². The Bertz CT molecular complexity index is 519. The molecule has 0 bridgehead atoms. The van der Waals surface area contributed by atoms with E-state index in [0.717, 1.165) is 27.7 Å². The number of nitrogen functional groups attached to an aromatic ring is 1. The third-order valence-electron chi connectivity index (χ3n) is 2.64. The van der Waals surface area contributed by atoms with E-state index in [-0.39, 0.29) is 12.6 Å². The van der Waals surface area contributed by atoms with Crippen LogP contribution in [0, 0.1) is 6.92 Å². The van der Waals surface area contributed by atoms with E-state index in [1.54, 1.807) is 11.3 Å². The molecule has 0 aliphatic carbocycles. The van der Waals surface area contributed by atoms with Gasteiger partial charge in [-0.2, -0.15) is 4.37 Å². The number of nitrogens with zero attached hydrogens (tertiary/aromatic N) is 2. The van der Waals surface area contributed by atoms with Crippen molar-refractivity contribution in [1.82, 2.24) is 9.36 Å². The Hall–Kier alpha value is -1.18. The van der Waals surface area contributed by atoms with Gasteiger partial charge in [0, 0.05) is 11.4 Å². The molecule has 2 aromatic heterocycles. The highest BCUT2D eigenvalue weighted by Gasteiger charge is 2.18. The molecule has 0 aliphatic rings. The van der Waals surface area contributed by atoms with Gasteiger partial charge in [-0.3, -0.25) is 0 Å². The lowest BCUT2D eigenvalue weighted by Crippen LogP contribution is -2.22. The maximum absolute atomic E-state index is 9.24. The van der Waals surface area contributed by atoms with Gasteiger partial charge < -0.3 is 16.2 Å². The standard InChI is InChI=1S/C11H16N4OS2/c1-3-7(4-16)14-11-9(10(12)15-18-11)8-5-17-6(2)13-8/h5,7,14,16H,3-4H2,1-2H3,(H2,12,15). The summed E-state index contributed by atoms with van der Waals surface area (Å²) in [5.41, 5.74) is 7.59. The van der Waals surface area contributed by atoms with E-state index >= 15 is 0 Å². The first-order valence-corrected chi connectivity index (χ1v) is 7.36. The fourth-order valence-electron chi connectivity index (χ4n) is 1.59. The summed E-state index contributed by atoms with van der Waals surface area (Å²) in [7, 11) is 0. The van der Waals surface area contributed by atoms with Gasteiger partial charge >= 0.3 is 0 Å². The zero-order chi connectivity index (χ0) is 13.1. The highest BCUT2D eigenvalue weighted by atomic mass is 32.1. The molecule has 0 spiro atoms. The van der Waals surface area contributed by atoms with Gasteiger partial charge in [0.2, 0.25) is 0 Å². The van der Waals surface area contributed by atoms with Crippen molar-refractivity contribution < 1.29 is 5.11 Å². The van der Waals surface area contributed by atoms with E-state index in [2.05, 4.69) is 14.7 Å². The minimum absolute atomic E-state index is 0.0170. The average Bonchev–Trinajstić information content (AvgIpc) is 2.92. The molecule has 18 heavy (non-hydrogen) atoms. The number of aryl methyl sites for hydroxylation is 1. The number of thiazole rings is 1. The van der Waals surface area contributed by atoms with Crippen molar-refractivity contribution in [2.24, 2.45) is 0 Å². The predicted molar refractivity (Wildman–Crippen MR) is 77.2 cm³/mol. The molecule has 2 rings (SSSR count). The lowest BCUT2D eigenvalue weighted by atomic mass is 10.2. The fourth-order valence-corrected chi connectivity index (χ4v) is 2.99. The van der Waals surface area contributed by atoms with Gasteiger partial charge in [-0.25, -0.2) is 4.98 Å². The molecule has 0 saturated heterocycles. The predicted octanol–water partition coefficient (Wildman–Crippen LogP) is 2.34. The Balaban J connectivity index is 2.32. The van der Waals surface area contributed by atoms with Crippen molar-refractivity contribution in [3.05, 3.63) is 10.4 Å². The second-order valence-corrected chi connectivity index (χ2v) is 5.79. The Morgan fingerprint density at radius 2 is 2.33 bits per heavy atom. The van der Waals surface area contributed by atoms with Crippen molar-refractivity contribution in [3.8, 4) is 11.3 Å². The first-order valence-electron chi connectivity index (χ1n) is 5.70. The van der Waals surface area contributed by atoms with Crippen LogP contribution in [0.2, 0.25) is 0 Å². The van der Waals surface area contributed by atoms with E-state index in [4.69, 9.17) is 5.73 Å². The zero-order valence-electron chi connectivity index (χ0n) is 10.3. The zero-order valence-corrected chi connectivity index (χ0v) is 11.9. The number of aromatic nitrogens is 2. The van der Waals surface area contributed by atoms with Crippen LogP contribution in [-0.4, -0.2) is 27.1 Å². The summed E-state index contributed by atoms with van der Waals surface area (Å²) in [4.78, 5) is 4.44. The summed E-state index contributed by atoms with van der Waals surface area (Å²) in [6.45, 7) is 4.06. The van der Waals surface area contributed by atoms with E-state index in [1.807, 2.05) is 19.2 Å². The van der Waals surface area contributed by atoms with E-state index < -0.39 is 0 Å². The second kappa shape index (κ2) is 5.64. The van der Waals surface area contributed by atoms with Crippen LogP contribution < -0.4 is 11.1 Å². The fraction of sp³-hybridized carbons (Fsp3) is 0.455. The molecule has 4 N–H and O–H groups in total. The maximum atomic E-state index is 9.24. The smallest absolute Gasteiger partial charge is 0.148 e. The molecule has 0 amide bonds. The minimum Gasteiger partial charge on any atom is -0.394 e. The number of rotatable bonds is 5. The molecule has 7 heteroatoms. The molecule has 5 nitrogen and oxygen atoms in total. The molecule has 1 atom stereocenters. The number of aliphatic hydroxyl groups excluding tert-OH is 1. The lowest BCUT2D eigenvalue weighted by molar-refractivity contribution is 0.272. The Kier molecular flexibility index (Phi) is 4.15. The van der Waals surface area contributed by atoms with Crippen molar-refractivity contribution in [1.29, 1.82) is 0 Å². The second-order valence-electron chi connectivity index (χ2n) is 3.96. The molecule has 2 aromatic rings. The highest BCUT2D eigenvalue weighted by Crippen LogP contribution is 2.37. The van der Waals surface area contributed by atoms with Crippen LogP contribution in [0.4, 0.5) is 10.8 Å². The van der Waals surface area contributed by atoms with Crippen LogP contribution in [0.15, 0.2) is 5.38 Å². The minimum atomic E-state index is 0.0170. The number of aliphatic hydroxyl groups is 1. The van der Waals surface area contributed by atoms with Crippen LogP contribution in [0.3, 0.4) is 0 Å². The molecule has 0 aliphatic heterocycles. The van der Waals surface area contributed by atoms with Gasteiger partial charge in [-0.15, -0.1) is 11.3 Å². The molecular formula is C11H16N4OS2. The van der Waals surface area contributed by atoms with Crippen LogP contribution in [0.25, 0.3) is 11.3 Å². The van der Waals surface area contributed by atoms with Crippen LogP contribution in [0.1, 0.15) is 18.4 Å². The maximum Gasteiger partial charge on any atom is 0.148 e. The SMILES string of the molecule is CCC(CO)Nc1snc(N)c1-c1csc(C)n1. The summed E-state index contributed by atoms with van der Waals surface area (Å²) in [5, 5.41) is 16.3. The number of nitrogens with two attached hydrogens (primary N) is 1. The molecule has 1 unspecified atom stereocenters. The van der Waals surface area contributed by atoms with Gasteiger partial charge in [-0.1, -0.05) is 6.92 Å².